The second kappa shape index (κ2) is 6.88. The highest BCUT2D eigenvalue weighted by Gasteiger charge is 2.36. The van der Waals surface area contributed by atoms with E-state index in [2.05, 4.69) is 10.1 Å². The third-order valence-electron chi connectivity index (χ3n) is 4.88. The normalized spacial score (nSPS) is 16.8. The fraction of sp³-hybridized carbons (Fsp3) is 0.250. The van der Waals surface area contributed by atoms with E-state index in [0.29, 0.717) is 16.9 Å². The minimum atomic E-state index is -4.56. The van der Waals surface area contributed by atoms with E-state index in [4.69, 9.17) is 11.6 Å². The predicted octanol–water partition coefficient (Wildman–Crippen LogP) is 5.15. The molecule has 0 saturated carbocycles. The third-order valence-corrected chi connectivity index (χ3v) is 5.20. The molecular weight excluding hydrogens is 405 g/mol. The van der Waals surface area contributed by atoms with E-state index in [0.717, 1.165) is 17.3 Å². The molecule has 0 saturated heterocycles. The molecule has 29 heavy (non-hydrogen) atoms. The first-order chi connectivity index (χ1) is 13.7. The van der Waals surface area contributed by atoms with Crippen molar-refractivity contribution in [1.82, 2.24) is 14.8 Å². The van der Waals surface area contributed by atoms with Crippen LogP contribution in [0.25, 0.3) is 11.1 Å². The maximum atomic E-state index is 13.3. The van der Waals surface area contributed by atoms with Gasteiger partial charge in [-0.2, -0.15) is 18.3 Å². The summed E-state index contributed by atoms with van der Waals surface area (Å²) in [6.45, 7) is 4.01. The number of alkyl halides is 3. The van der Waals surface area contributed by atoms with Crippen molar-refractivity contribution in [1.29, 1.82) is 0 Å². The molecule has 0 spiro atoms. The highest BCUT2D eigenvalue weighted by atomic mass is 35.5. The summed E-state index contributed by atoms with van der Waals surface area (Å²) in [4.78, 5) is 18.9. The molecule has 4 rings (SSSR count). The lowest BCUT2D eigenvalue weighted by atomic mass is 10.0. The van der Waals surface area contributed by atoms with E-state index in [-0.39, 0.29) is 18.5 Å². The first kappa shape index (κ1) is 19.4. The summed E-state index contributed by atoms with van der Waals surface area (Å²) in [5, 5.41) is 3.92. The number of nitrogens with zero attached hydrogens (tertiary/aromatic N) is 4. The molecule has 5 nitrogen and oxygen atoms in total. The molecule has 1 aliphatic rings. The molecule has 1 atom stereocenters. The number of aromatic nitrogens is 3. The molecule has 0 aliphatic carbocycles. The molecular formula is C20H16ClF3N4O. The monoisotopic (exact) mass is 420 g/mol. The number of rotatable bonds is 2. The zero-order valence-electron chi connectivity index (χ0n) is 15.5. The van der Waals surface area contributed by atoms with Gasteiger partial charge in [0.2, 0.25) is 0 Å². The van der Waals surface area contributed by atoms with Gasteiger partial charge in [-0.25, -0.2) is 0 Å². The first-order valence-electron chi connectivity index (χ1n) is 8.86. The van der Waals surface area contributed by atoms with E-state index < -0.39 is 16.8 Å². The van der Waals surface area contributed by atoms with Crippen molar-refractivity contribution in [2.45, 2.75) is 26.1 Å². The Bertz CT molecular complexity index is 1110. The number of anilines is 1. The molecule has 3 aromatic rings. The molecule has 150 valence electrons. The molecule has 0 fully saturated rings. The van der Waals surface area contributed by atoms with E-state index in [1.165, 1.54) is 17.0 Å². The summed E-state index contributed by atoms with van der Waals surface area (Å²) < 4.78 is 40.7. The largest absolute Gasteiger partial charge is 0.417 e. The van der Waals surface area contributed by atoms with Gasteiger partial charge < -0.3 is 4.90 Å². The van der Waals surface area contributed by atoms with Crippen LogP contribution < -0.4 is 4.90 Å². The van der Waals surface area contributed by atoms with Gasteiger partial charge in [0, 0.05) is 29.7 Å². The van der Waals surface area contributed by atoms with Crippen LogP contribution in [-0.2, 0) is 6.18 Å². The van der Waals surface area contributed by atoms with Gasteiger partial charge in [0.1, 0.15) is 5.69 Å². The highest BCUT2D eigenvalue weighted by molar-refractivity contribution is 6.31. The average molecular weight is 421 g/mol. The van der Waals surface area contributed by atoms with Crippen LogP contribution in [0, 0.1) is 6.92 Å². The van der Waals surface area contributed by atoms with Gasteiger partial charge >= 0.3 is 6.18 Å². The van der Waals surface area contributed by atoms with E-state index in [1.54, 1.807) is 23.1 Å². The molecule has 1 aliphatic heterocycles. The van der Waals surface area contributed by atoms with Gasteiger partial charge in [-0.3, -0.25) is 14.5 Å². The van der Waals surface area contributed by atoms with Crippen LogP contribution in [0.4, 0.5) is 18.9 Å². The number of fused-ring (bicyclic) bond motifs is 1. The van der Waals surface area contributed by atoms with Gasteiger partial charge in [0.25, 0.3) is 5.91 Å². The lowest BCUT2D eigenvalue weighted by Crippen LogP contribution is -2.42. The molecule has 0 unspecified atom stereocenters. The number of aryl methyl sites for hydroxylation is 1. The molecule has 0 N–H and O–H groups in total. The molecule has 1 aromatic carbocycles. The van der Waals surface area contributed by atoms with Gasteiger partial charge in [-0.05, 0) is 49.7 Å². The Morgan fingerprint density at radius 1 is 1.21 bits per heavy atom. The van der Waals surface area contributed by atoms with Crippen LogP contribution in [0.5, 0.6) is 0 Å². The number of hydrogen-bond donors (Lipinski definition) is 0. The number of carbonyl (C=O) groups is 1. The van der Waals surface area contributed by atoms with Crippen LogP contribution in [0.15, 0.2) is 42.7 Å². The van der Waals surface area contributed by atoms with Crippen molar-refractivity contribution in [2.75, 3.05) is 11.4 Å². The molecule has 2 aromatic heterocycles. The molecule has 9 heteroatoms. The Hall–Kier alpha value is -2.87. The number of pyridine rings is 1. The van der Waals surface area contributed by atoms with E-state index in [9.17, 15) is 18.0 Å². The fourth-order valence-electron chi connectivity index (χ4n) is 3.51. The van der Waals surface area contributed by atoms with Gasteiger partial charge in [-0.1, -0.05) is 11.6 Å². The predicted molar refractivity (Wildman–Crippen MR) is 103 cm³/mol. The smallest absolute Gasteiger partial charge is 0.305 e. The number of amides is 1. The summed E-state index contributed by atoms with van der Waals surface area (Å²) in [6, 6.07) is 6.81. The second-order valence-corrected chi connectivity index (χ2v) is 7.37. The molecule has 0 bridgehead atoms. The number of hydrogen-bond acceptors (Lipinski definition) is 3. The highest BCUT2D eigenvalue weighted by Crippen LogP contribution is 2.38. The lowest BCUT2D eigenvalue weighted by molar-refractivity contribution is -0.137. The minimum Gasteiger partial charge on any atom is -0.305 e. The zero-order chi connectivity index (χ0) is 20.9. The summed E-state index contributed by atoms with van der Waals surface area (Å²) >= 11 is 5.86. The average Bonchev–Trinajstić information content (AvgIpc) is 3.09. The molecule has 3 heterocycles. The topological polar surface area (TPSA) is 51.0 Å². The van der Waals surface area contributed by atoms with Crippen molar-refractivity contribution in [3.63, 3.8) is 0 Å². The SMILES string of the molecule is Cc1cc(-c2cnn3c2C(=O)N(c2ccc(C(F)(F)F)c(Cl)c2)C[C@@H]3C)ccn1. The Labute approximate surface area is 169 Å². The summed E-state index contributed by atoms with van der Waals surface area (Å²) in [5.74, 6) is -0.346. The molecule has 1 amide bonds. The van der Waals surface area contributed by atoms with Gasteiger partial charge in [0.15, 0.2) is 0 Å². The standard InChI is InChI=1S/C20H16ClF3N4O/c1-11-7-13(5-6-25-11)15-9-26-28-12(2)10-27(19(29)18(15)28)14-3-4-16(17(21)8-14)20(22,23)24/h3-9,12H,10H2,1-2H3/t12-/m0/s1. The summed E-state index contributed by atoms with van der Waals surface area (Å²) in [7, 11) is 0. The minimum absolute atomic E-state index is 0.166. The summed E-state index contributed by atoms with van der Waals surface area (Å²) in [6.07, 6.45) is -1.28. The van der Waals surface area contributed by atoms with Crippen LogP contribution in [0.3, 0.4) is 0 Å². The van der Waals surface area contributed by atoms with Crippen LogP contribution >= 0.6 is 11.6 Å². The number of carbonyl (C=O) groups excluding carboxylic acids is 1. The maximum absolute atomic E-state index is 13.3. The Morgan fingerprint density at radius 3 is 2.62 bits per heavy atom. The summed E-state index contributed by atoms with van der Waals surface area (Å²) in [5.41, 5.74) is 2.00. The number of benzene rings is 1. The van der Waals surface area contributed by atoms with Crippen molar-refractivity contribution in [2.24, 2.45) is 0 Å². The number of halogens is 4. The second-order valence-electron chi connectivity index (χ2n) is 6.96. The Balaban J connectivity index is 1.77. The van der Waals surface area contributed by atoms with Gasteiger partial charge in [-0.15, -0.1) is 0 Å². The van der Waals surface area contributed by atoms with E-state index in [1.807, 2.05) is 19.9 Å². The fourth-order valence-corrected chi connectivity index (χ4v) is 3.79. The lowest BCUT2D eigenvalue weighted by Gasteiger charge is -2.32. The zero-order valence-corrected chi connectivity index (χ0v) is 16.3. The maximum Gasteiger partial charge on any atom is 0.417 e. The van der Waals surface area contributed by atoms with Crippen LogP contribution in [0.2, 0.25) is 5.02 Å². The Morgan fingerprint density at radius 2 is 1.97 bits per heavy atom. The third kappa shape index (κ3) is 3.37. The van der Waals surface area contributed by atoms with Crippen molar-refractivity contribution in [3.8, 4) is 11.1 Å². The van der Waals surface area contributed by atoms with E-state index >= 15 is 0 Å². The quantitative estimate of drug-likeness (QED) is 0.576. The van der Waals surface area contributed by atoms with Crippen molar-refractivity contribution < 1.29 is 18.0 Å². The van der Waals surface area contributed by atoms with Crippen molar-refractivity contribution >= 4 is 23.2 Å². The Kier molecular flexibility index (Phi) is 4.61. The first-order valence-corrected chi connectivity index (χ1v) is 9.23. The van der Waals surface area contributed by atoms with Crippen molar-refractivity contribution in [3.05, 3.63) is 64.7 Å². The van der Waals surface area contributed by atoms with Crippen LogP contribution in [0.1, 0.15) is 34.7 Å². The molecule has 0 radical (unpaired) electrons. The van der Waals surface area contributed by atoms with Gasteiger partial charge in [0.05, 0.1) is 22.8 Å². The van der Waals surface area contributed by atoms with Crippen LogP contribution in [-0.4, -0.2) is 27.2 Å².